The summed E-state index contributed by atoms with van der Waals surface area (Å²) in [4.78, 5) is 15.5. The fraction of sp³-hybridized carbons (Fsp3) is 0.500. The molecule has 0 aliphatic heterocycles. The number of carbonyl (C=O) groups excluding carboxylic acids is 1. The van der Waals surface area contributed by atoms with Crippen LogP contribution in [-0.4, -0.2) is 17.1 Å². The molecule has 1 saturated carbocycles. The number of nitrogens with one attached hydrogen (secondary N) is 2. The molecule has 1 fully saturated rings. The smallest absolute Gasteiger partial charge is 0.315 e. The predicted molar refractivity (Wildman–Crippen MR) is 66.8 cm³/mol. The minimum atomic E-state index is -0.126. The molecule has 4 nitrogen and oxygen atoms in total. The first-order valence-electron chi connectivity index (χ1n) is 5.80. The largest absolute Gasteiger partial charge is 0.335 e. The molecule has 1 atom stereocenters. The zero-order chi connectivity index (χ0) is 12.3. The second kappa shape index (κ2) is 5.36. The van der Waals surface area contributed by atoms with Gasteiger partial charge in [0.05, 0.1) is 0 Å². The van der Waals surface area contributed by atoms with Crippen molar-refractivity contribution < 1.29 is 4.79 Å². The van der Waals surface area contributed by atoms with Gasteiger partial charge in [0.1, 0.15) is 5.15 Å². The number of urea groups is 1. The van der Waals surface area contributed by atoms with E-state index in [0.717, 1.165) is 5.56 Å². The van der Waals surface area contributed by atoms with Crippen molar-refractivity contribution in [2.75, 3.05) is 0 Å². The number of amides is 2. The molecule has 0 saturated heterocycles. The maximum absolute atomic E-state index is 11.6. The summed E-state index contributed by atoms with van der Waals surface area (Å²) in [5, 5.41) is 6.18. The van der Waals surface area contributed by atoms with Crippen LogP contribution in [0.25, 0.3) is 0 Å². The van der Waals surface area contributed by atoms with Gasteiger partial charge in [-0.25, -0.2) is 9.78 Å². The van der Waals surface area contributed by atoms with Gasteiger partial charge in [-0.1, -0.05) is 17.7 Å². The molecule has 0 radical (unpaired) electrons. The number of halogens is 1. The van der Waals surface area contributed by atoms with Gasteiger partial charge in [0.15, 0.2) is 0 Å². The first kappa shape index (κ1) is 12.2. The zero-order valence-corrected chi connectivity index (χ0v) is 10.5. The van der Waals surface area contributed by atoms with Crippen LogP contribution in [0.5, 0.6) is 0 Å². The lowest BCUT2D eigenvalue weighted by molar-refractivity contribution is 0.236. The van der Waals surface area contributed by atoms with Gasteiger partial charge >= 0.3 is 6.03 Å². The Bertz CT molecular complexity index is 389. The molecular weight excluding hydrogens is 238 g/mol. The van der Waals surface area contributed by atoms with E-state index in [1.807, 2.05) is 13.0 Å². The number of hydrogen-bond donors (Lipinski definition) is 2. The van der Waals surface area contributed by atoms with Crippen LogP contribution < -0.4 is 10.6 Å². The minimum absolute atomic E-state index is 0.126. The summed E-state index contributed by atoms with van der Waals surface area (Å²) in [7, 11) is 0. The van der Waals surface area contributed by atoms with Crippen LogP contribution in [0.2, 0.25) is 5.15 Å². The molecule has 0 bridgehead atoms. The van der Waals surface area contributed by atoms with Crippen LogP contribution in [0, 0.1) is 5.92 Å². The Labute approximate surface area is 106 Å². The topological polar surface area (TPSA) is 54.0 Å². The monoisotopic (exact) mass is 253 g/mol. The van der Waals surface area contributed by atoms with E-state index in [1.54, 1.807) is 12.3 Å². The number of pyridine rings is 1. The molecule has 2 rings (SSSR count). The van der Waals surface area contributed by atoms with Gasteiger partial charge in [-0.2, -0.15) is 0 Å². The molecule has 0 spiro atoms. The maximum Gasteiger partial charge on any atom is 0.315 e. The molecule has 5 heteroatoms. The Balaban J connectivity index is 1.73. The first-order chi connectivity index (χ1) is 8.15. The fourth-order valence-corrected chi connectivity index (χ4v) is 1.78. The summed E-state index contributed by atoms with van der Waals surface area (Å²) < 4.78 is 0. The van der Waals surface area contributed by atoms with E-state index >= 15 is 0 Å². The van der Waals surface area contributed by atoms with Crippen LogP contribution in [0.3, 0.4) is 0 Å². The van der Waals surface area contributed by atoms with Crippen LogP contribution in [0.1, 0.15) is 25.3 Å². The average Bonchev–Trinajstić information content (AvgIpc) is 3.12. The molecule has 0 unspecified atom stereocenters. The molecule has 17 heavy (non-hydrogen) atoms. The zero-order valence-electron chi connectivity index (χ0n) is 9.74. The highest BCUT2D eigenvalue weighted by molar-refractivity contribution is 6.29. The van der Waals surface area contributed by atoms with Crippen LogP contribution >= 0.6 is 11.6 Å². The Hall–Kier alpha value is -1.29. The Morgan fingerprint density at radius 2 is 2.35 bits per heavy atom. The third-order valence-corrected chi connectivity index (χ3v) is 3.15. The molecule has 2 N–H and O–H groups in total. The van der Waals surface area contributed by atoms with Crippen molar-refractivity contribution in [3.8, 4) is 0 Å². The fourth-order valence-electron chi connectivity index (χ4n) is 1.67. The quantitative estimate of drug-likeness (QED) is 0.810. The lowest BCUT2D eigenvalue weighted by Crippen LogP contribution is -2.41. The lowest BCUT2D eigenvalue weighted by atomic mass is 10.2. The second-order valence-electron chi connectivity index (χ2n) is 4.44. The standard InChI is InChI=1S/C12H16ClN3O/c1-8(10-3-4-10)16-12(17)15-7-9-2-5-11(13)14-6-9/h2,5-6,8,10H,3-4,7H2,1H3,(H2,15,16,17)/t8-/m0/s1. The first-order valence-corrected chi connectivity index (χ1v) is 6.18. The number of rotatable bonds is 4. The number of hydrogen-bond acceptors (Lipinski definition) is 2. The molecule has 1 aromatic rings. The van der Waals surface area contributed by atoms with Crippen molar-refractivity contribution in [2.45, 2.75) is 32.4 Å². The van der Waals surface area contributed by atoms with E-state index in [4.69, 9.17) is 11.6 Å². The normalized spacial score (nSPS) is 16.4. The molecule has 1 heterocycles. The van der Waals surface area contributed by atoms with E-state index in [-0.39, 0.29) is 12.1 Å². The van der Waals surface area contributed by atoms with E-state index in [0.29, 0.717) is 17.6 Å². The number of carbonyl (C=O) groups is 1. The van der Waals surface area contributed by atoms with Crippen molar-refractivity contribution in [1.82, 2.24) is 15.6 Å². The molecule has 1 aromatic heterocycles. The van der Waals surface area contributed by atoms with E-state index < -0.39 is 0 Å². The highest BCUT2D eigenvalue weighted by atomic mass is 35.5. The molecule has 0 aromatic carbocycles. The van der Waals surface area contributed by atoms with Gasteiger partial charge in [0.25, 0.3) is 0 Å². The van der Waals surface area contributed by atoms with Gasteiger partial charge in [-0.15, -0.1) is 0 Å². The summed E-state index contributed by atoms with van der Waals surface area (Å²) in [5.74, 6) is 0.665. The Morgan fingerprint density at radius 3 is 2.94 bits per heavy atom. The van der Waals surface area contributed by atoms with Gasteiger partial charge in [0.2, 0.25) is 0 Å². The lowest BCUT2D eigenvalue weighted by Gasteiger charge is -2.13. The molecule has 2 amide bonds. The highest BCUT2D eigenvalue weighted by Gasteiger charge is 2.28. The van der Waals surface area contributed by atoms with Crippen molar-refractivity contribution in [2.24, 2.45) is 5.92 Å². The van der Waals surface area contributed by atoms with Crippen molar-refractivity contribution >= 4 is 17.6 Å². The Kier molecular flexibility index (Phi) is 3.84. The summed E-state index contributed by atoms with van der Waals surface area (Å²) in [6.45, 7) is 2.51. The summed E-state index contributed by atoms with van der Waals surface area (Å²) >= 11 is 5.67. The van der Waals surface area contributed by atoms with Gasteiger partial charge < -0.3 is 10.6 Å². The van der Waals surface area contributed by atoms with Crippen molar-refractivity contribution in [3.05, 3.63) is 29.0 Å². The molecule has 92 valence electrons. The predicted octanol–water partition coefficient (Wildman–Crippen LogP) is 2.33. The van der Waals surface area contributed by atoms with Crippen LogP contribution in [0.4, 0.5) is 4.79 Å². The minimum Gasteiger partial charge on any atom is -0.335 e. The van der Waals surface area contributed by atoms with E-state index in [9.17, 15) is 4.79 Å². The number of nitrogens with zero attached hydrogens (tertiary/aromatic N) is 1. The van der Waals surface area contributed by atoms with Crippen molar-refractivity contribution in [3.63, 3.8) is 0 Å². The summed E-state index contributed by atoms with van der Waals surface area (Å²) in [6.07, 6.45) is 4.11. The van der Waals surface area contributed by atoms with Gasteiger partial charge in [-0.05, 0) is 37.3 Å². The van der Waals surface area contributed by atoms with Crippen LogP contribution in [0.15, 0.2) is 18.3 Å². The van der Waals surface area contributed by atoms with E-state index in [2.05, 4.69) is 15.6 Å². The summed E-state index contributed by atoms with van der Waals surface area (Å²) in [6, 6.07) is 3.70. The van der Waals surface area contributed by atoms with E-state index in [1.165, 1.54) is 12.8 Å². The third kappa shape index (κ3) is 3.89. The van der Waals surface area contributed by atoms with Gasteiger partial charge in [-0.3, -0.25) is 0 Å². The van der Waals surface area contributed by atoms with Crippen molar-refractivity contribution in [1.29, 1.82) is 0 Å². The maximum atomic E-state index is 11.6. The van der Waals surface area contributed by atoms with Crippen LogP contribution in [-0.2, 0) is 6.54 Å². The third-order valence-electron chi connectivity index (χ3n) is 2.93. The highest BCUT2D eigenvalue weighted by Crippen LogP contribution is 2.32. The molecular formula is C12H16ClN3O. The SMILES string of the molecule is C[C@H](NC(=O)NCc1ccc(Cl)nc1)C1CC1. The Morgan fingerprint density at radius 1 is 1.59 bits per heavy atom. The molecule has 1 aliphatic rings. The average molecular weight is 254 g/mol. The summed E-state index contributed by atoms with van der Waals surface area (Å²) in [5.41, 5.74) is 0.934. The number of aromatic nitrogens is 1. The molecule has 1 aliphatic carbocycles. The second-order valence-corrected chi connectivity index (χ2v) is 4.83. The van der Waals surface area contributed by atoms with Gasteiger partial charge in [0, 0.05) is 18.8 Å².